The highest BCUT2D eigenvalue weighted by Crippen LogP contribution is 2.35. The van der Waals surface area contributed by atoms with E-state index >= 15 is 0 Å². The minimum atomic E-state index is -0.641. The van der Waals surface area contributed by atoms with E-state index < -0.39 is 11.7 Å². The largest absolute Gasteiger partial charge is 0.510 e. The van der Waals surface area contributed by atoms with Gasteiger partial charge in [0.05, 0.1) is 0 Å². The molecule has 0 N–H and O–H groups in total. The number of hydrogen-bond donors (Lipinski definition) is 0. The molecule has 100 valence electrons. The molecule has 17 heavy (non-hydrogen) atoms. The Kier molecular flexibility index (Phi) is 5.57. The third-order valence-corrected chi connectivity index (χ3v) is 3.56. The molecule has 4 heteroatoms. The molecule has 4 unspecified atom stereocenters. The molecule has 0 spiro atoms. The lowest BCUT2D eigenvalue weighted by Crippen LogP contribution is -2.36. The summed E-state index contributed by atoms with van der Waals surface area (Å²) in [6.45, 7) is 8.15. The molecule has 1 fully saturated rings. The number of carbonyl (C=O) groups is 1. The number of rotatable bonds is 3. The summed E-state index contributed by atoms with van der Waals surface area (Å²) in [5.41, 5.74) is -0.638. The first-order valence-electron chi connectivity index (χ1n) is 6.41. The van der Waals surface area contributed by atoms with Gasteiger partial charge in [-0.3, -0.25) is 0 Å². The van der Waals surface area contributed by atoms with Gasteiger partial charge >= 0.3 is 6.16 Å². The Morgan fingerprint density at radius 1 is 1.29 bits per heavy atom. The zero-order valence-electron chi connectivity index (χ0n) is 11.1. The van der Waals surface area contributed by atoms with Crippen LogP contribution in [0.4, 0.5) is 4.79 Å². The highest BCUT2D eigenvalue weighted by Gasteiger charge is 2.33. The van der Waals surface area contributed by atoms with Crippen LogP contribution in [0, 0.1) is 17.8 Å². The topological polar surface area (TPSA) is 35.5 Å². The second-order valence-corrected chi connectivity index (χ2v) is 6.01. The van der Waals surface area contributed by atoms with Gasteiger partial charge < -0.3 is 9.47 Å². The average Bonchev–Trinajstić information content (AvgIpc) is 2.15. The van der Waals surface area contributed by atoms with E-state index in [-0.39, 0.29) is 6.10 Å². The van der Waals surface area contributed by atoms with Crippen molar-refractivity contribution in [1.82, 2.24) is 0 Å². The third kappa shape index (κ3) is 4.74. The lowest BCUT2D eigenvalue weighted by Gasteiger charge is -2.36. The van der Waals surface area contributed by atoms with Gasteiger partial charge in [0.2, 0.25) is 0 Å². The van der Waals surface area contributed by atoms with Crippen molar-refractivity contribution < 1.29 is 14.3 Å². The van der Waals surface area contributed by atoms with E-state index in [4.69, 9.17) is 21.1 Å². The van der Waals surface area contributed by atoms with Crippen molar-refractivity contribution in [2.45, 2.75) is 58.6 Å². The zero-order chi connectivity index (χ0) is 13.0. The first kappa shape index (κ1) is 14.6. The van der Waals surface area contributed by atoms with E-state index in [1.165, 1.54) is 6.42 Å². The van der Waals surface area contributed by atoms with Gasteiger partial charge in [0.25, 0.3) is 0 Å². The van der Waals surface area contributed by atoms with Gasteiger partial charge in [0, 0.05) is 0 Å². The molecule has 1 rings (SSSR count). The summed E-state index contributed by atoms with van der Waals surface area (Å²) in [5, 5.41) is 0. The van der Waals surface area contributed by atoms with Crippen LogP contribution >= 0.6 is 11.6 Å². The summed E-state index contributed by atoms with van der Waals surface area (Å²) in [6.07, 6.45) is 2.59. The molecule has 4 atom stereocenters. The molecule has 0 aromatic carbocycles. The van der Waals surface area contributed by atoms with Crippen molar-refractivity contribution in [1.29, 1.82) is 0 Å². The molecule has 1 aliphatic rings. The van der Waals surface area contributed by atoms with Crippen LogP contribution in [0.15, 0.2) is 0 Å². The maximum absolute atomic E-state index is 11.5. The lowest BCUT2D eigenvalue weighted by molar-refractivity contribution is -0.0342. The van der Waals surface area contributed by atoms with Crippen LogP contribution in [-0.4, -0.2) is 17.8 Å². The fourth-order valence-corrected chi connectivity index (χ4v) is 2.61. The second kappa shape index (κ2) is 6.48. The normalized spacial score (nSPS) is 31.1. The highest BCUT2D eigenvalue weighted by molar-refractivity contribution is 6.19. The Morgan fingerprint density at radius 2 is 1.94 bits per heavy atom. The molecule has 1 aliphatic carbocycles. The van der Waals surface area contributed by atoms with Crippen molar-refractivity contribution in [3.63, 3.8) is 0 Å². The first-order chi connectivity index (χ1) is 7.90. The molecule has 0 aromatic heterocycles. The van der Waals surface area contributed by atoms with Crippen molar-refractivity contribution in [3.8, 4) is 0 Å². The van der Waals surface area contributed by atoms with Crippen LogP contribution in [-0.2, 0) is 9.47 Å². The van der Waals surface area contributed by atoms with Crippen LogP contribution in [0.25, 0.3) is 0 Å². The lowest BCUT2D eigenvalue weighted by atomic mass is 9.75. The molecule has 0 bridgehead atoms. The van der Waals surface area contributed by atoms with Crippen molar-refractivity contribution in [2.24, 2.45) is 17.8 Å². The number of alkyl halides is 1. The van der Waals surface area contributed by atoms with E-state index in [2.05, 4.69) is 20.8 Å². The molecular weight excluding hydrogens is 240 g/mol. The Labute approximate surface area is 109 Å². The van der Waals surface area contributed by atoms with Crippen molar-refractivity contribution in [2.75, 3.05) is 0 Å². The van der Waals surface area contributed by atoms with Gasteiger partial charge in [-0.15, -0.1) is 0 Å². The van der Waals surface area contributed by atoms with E-state index in [1.807, 2.05) is 0 Å². The maximum atomic E-state index is 11.5. The van der Waals surface area contributed by atoms with Crippen LogP contribution in [0.3, 0.4) is 0 Å². The third-order valence-electron chi connectivity index (χ3n) is 3.47. The van der Waals surface area contributed by atoms with Gasteiger partial charge in [0.1, 0.15) is 6.10 Å². The smallest absolute Gasteiger partial charge is 0.431 e. The summed E-state index contributed by atoms with van der Waals surface area (Å²) < 4.78 is 10.2. The van der Waals surface area contributed by atoms with Crippen LogP contribution in [0.5, 0.6) is 0 Å². The molecule has 0 saturated heterocycles. The van der Waals surface area contributed by atoms with Gasteiger partial charge in [-0.25, -0.2) is 4.79 Å². The minimum absolute atomic E-state index is 0.0262. The van der Waals surface area contributed by atoms with Gasteiger partial charge in [-0.1, -0.05) is 38.8 Å². The summed E-state index contributed by atoms with van der Waals surface area (Å²) >= 11 is 5.59. The monoisotopic (exact) mass is 262 g/mol. The quantitative estimate of drug-likeness (QED) is 0.565. The van der Waals surface area contributed by atoms with E-state index in [1.54, 1.807) is 6.92 Å². The molecule has 0 aliphatic heterocycles. The van der Waals surface area contributed by atoms with Gasteiger partial charge in [-0.2, -0.15) is 0 Å². The summed E-state index contributed by atoms with van der Waals surface area (Å²) in [7, 11) is 0. The zero-order valence-corrected chi connectivity index (χ0v) is 11.9. The predicted molar refractivity (Wildman–Crippen MR) is 68.0 cm³/mol. The summed E-state index contributed by atoms with van der Waals surface area (Å²) in [6, 6.07) is 0. The van der Waals surface area contributed by atoms with Crippen molar-refractivity contribution in [3.05, 3.63) is 0 Å². The van der Waals surface area contributed by atoms with Crippen LogP contribution < -0.4 is 0 Å². The van der Waals surface area contributed by atoms with E-state index in [9.17, 15) is 4.79 Å². The van der Waals surface area contributed by atoms with Crippen molar-refractivity contribution >= 4 is 17.8 Å². The summed E-state index contributed by atoms with van der Waals surface area (Å²) in [4.78, 5) is 11.5. The standard InChI is InChI=1S/C13H23ClO3/c1-8(2)11-6-5-9(3)7-12(11)17-13(15)16-10(4)14/h8-12H,5-7H2,1-4H3. The fraction of sp³-hybridized carbons (Fsp3) is 0.923. The molecule has 0 aromatic rings. The Hall–Kier alpha value is -0.440. The Morgan fingerprint density at radius 3 is 2.47 bits per heavy atom. The minimum Gasteiger partial charge on any atom is -0.431 e. The molecule has 3 nitrogen and oxygen atoms in total. The Bertz CT molecular complexity index is 253. The van der Waals surface area contributed by atoms with Gasteiger partial charge in [0.15, 0.2) is 5.56 Å². The summed E-state index contributed by atoms with van der Waals surface area (Å²) in [5.74, 6) is 1.56. The Balaban J connectivity index is 2.54. The molecular formula is C13H23ClO3. The van der Waals surface area contributed by atoms with Crippen LogP contribution in [0.1, 0.15) is 47.0 Å². The number of ether oxygens (including phenoxy) is 2. The second-order valence-electron chi connectivity index (χ2n) is 5.39. The highest BCUT2D eigenvalue weighted by atomic mass is 35.5. The predicted octanol–water partition coefficient (Wildman–Crippen LogP) is 4.19. The average molecular weight is 263 g/mol. The van der Waals surface area contributed by atoms with Gasteiger partial charge in [-0.05, 0) is 37.5 Å². The first-order valence-corrected chi connectivity index (χ1v) is 6.85. The molecule has 0 radical (unpaired) electrons. The number of hydrogen-bond acceptors (Lipinski definition) is 3. The SMILES string of the molecule is CC1CCC(C(C)C)C(OC(=O)OC(C)Cl)C1. The molecule has 0 heterocycles. The molecule has 1 saturated carbocycles. The van der Waals surface area contributed by atoms with E-state index in [0.717, 1.165) is 12.8 Å². The van der Waals surface area contributed by atoms with Crippen LogP contribution in [0.2, 0.25) is 0 Å². The molecule has 0 amide bonds. The van der Waals surface area contributed by atoms with E-state index in [0.29, 0.717) is 17.8 Å². The fourth-order valence-electron chi connectivity index (χ4n) is 2.53. The number of carbonyl (C=O) groups excluding carboxylic acids is 1. The number of halogens is 1. The maximum Gasteiger partial charge on any atom is 0.510 e.